The molecule has 4 N–H and O–H groups in total. The summed E-state index contributed by atoms with van der Waals surface area (Å²) in [6.07, 6.45) is -3.72. The number of nitrogens with zero attached hydrogens (tertiary/aromatic N) is 1. The SMILES string of the molecule is C=C(F)/C(=C(\C=C(\N)CNC)C(=O)N[C@H]1CC[C@H](C(F)(F)F)CC1)N1CC[C@@H](F)C1. The van der Waals surface area contributed by atoms with Gasteiger partial charge in [-0.1, -0.05) is 6.58 Å². The van der Waals surface area contributed by atoms with E-state index in [0.29, 0.717) is 0 Å². The van der Waals surface area contributed by atoms with E-state index in [2.05, 4.69) is 17.2 Å². The first-order valence-electron chi connectivity index (χ1n) is 9.99. The monoisotopic (exact) mass is 436 g/mol. The highest BCUT2D eigenvalue weighted by Crippen LogP contribution is 2.37. The Kier molecular flexibility index (Phi) is 8.28. The Labute approximate surface area is 173 Å². The van der Waals surface area contributed by atoms with Crippen LogP contribution in [0.5, 0.6) is 0 Å². The van der Waals surface area contributed by atoms with Gasteiger partial charge in [0.25, 0.3) is 5.91 Å². The lowest BCUT2D eigenvalue weighted by molar-refractivity contribution is -0.182. The van der Waals surface area contributed by atoms with Gasteiger partial charge in [0.1, 0.15) is 12.0 Å². The van der Waals surface area contributed by atoms with E-state index in [1.807, 2.05) is 0 Å². The third kappa shape index (κ3) is 6.45. The molecule has 2 rings (SSSR count). The van der Waals surface area contributed by atoms with Crippen LogP contribution in [0.2, 0.25) is 0 Å². The first-order valence-corrected chi connectivity index (χ1v) is 9.99. The predicted molar refractivity (Wildman–Crippen MR) is 105 cm³/mol. The summed E-state index contributed by atoms with van der Waals surface area (Å²) < 4.78 is 66.6. The van der Waals surface area contributed by atoms with E-state index in [0.717, 1.165) is 0 Å². The minimum atomic E-state index is -4.25. The zero-order valence-corrected chi connectivity index (χ0v) is 17.0. The lowest BCUT2D eigenvalue weighted by atomic mass is 9.85. The van der Waals surface area contributed by atoms with Gasteiger partial charge in [-0.25, -0.2) is 8.78 Å². The lowest BCUT2D eigenvalue weighted by Gasteiger charge is -2.31. The first kappa shape index (κ1) is 24.2. The molecule has 170 valence electrons. The third-order valence-electron chi connectivity index (χ3n) is 5.44. The number of amides is 1. The van der Waals surface area contributed by atoms with Crippen molar-refractivity contribution in [3.63, 3.8) is 0 Å². The average molecular weight is 436 g/mol. The molecule has 0 aromatic heterocycles. The normalized spacial score (nSPS) is 26.4. The third-order valence-corrected chi connectivity index (χ3v) is 5.44. The maximum absolute atomic E-state index is 14.3. The Balaban J connectivity index is 2.25. The summed E-state index contributed by atoms with van der Waals surface area (Å²) in [7, 11) is 1.65. The number of halogens is 5. The van der Waals surface area contributed by atoms with Gasteiger partial charge in [-0.05, 0) is 45.2 Å². The molecular weight excluding hydrogens is 407 g/mol. The molecule has 2 fully saturated rings. The summed E-state index contributed by atoms with van der Waals surface area (Å²) in [6, 6.07) is -0.466. The number of nitrogens with two attached hydrogens (primary N) is 1. The maximum Gasteiger partial charge on any atom is 0.391 e. The number of carbonyl (C=O) groups is 1. The van der Waals surface area contributed by atoms with Crippen LogP contribution in [-0.2, 0) is 4.79 Å². The van der Waals surface area contributed by atoms with Crippen molar-refractivity contribution in [1.82, 2.24) is 15.5 Å². The smallest absolute Gasteiger partial charge is 0.391 e. The molecule has 30 heavy (non-hydrogen) atoms. The fourth-order valence-electron chi connectivity index (χ4n) is 3.92. The molecule has 0 bridgehead atoms. The van der Waals surface area contributed by atoms with Crippen molar-refractivity contribution in [1.29, 1.82) is 0 Å². The van der Waals surface area contributed by atoms with Gasteiger partial charge >= 0.3 is 6.18 Å². The van der Waals surface area contributed by atoms with Gasteiger partial charge in [0.05, 0.1) is 17.2 Å². The highest BCUT2D eigenvalue weighted by atomic mass is 19.4. The molecule has 0 unspecified atom stereocenters. The number of likely N-dealkylation sites (N-methyl/N-ethyl adjacent to an activating group) is 1. The summed E-state index contributed by atoms with van der Waals surface area (Å²) >= 11 is 0. The zero-order valence-electron chi connectivity index (χ0n) is 17.0. The van der Waals surface area contributed by atoms with Gasteiger partial charge in [-0.15, -0.1) is 0 Å². The Hall–Kier alpha value is -2.10. The second-order valence-corrected chi connectivity index (χ2v) is 7.81. The Morgan fingerprint density at radius 2 is 1.87 bits per heavy atom. The van der Waals surface area contributed by atoms with Crippen LogP contribution >= 0.6 is 0 Å². The number of likely N-dealkylation sites (tertiary alicyclic amines) is 1. The number of allylic oxidation sites excluding steroid dienone is 1. The number of rotatable bonds is 7. The van der Waals surface area contributed by atoms with Gasteiger partial charge in [0, 0.05) is 31.4 Å². The Morgan fingerprint density at radius 1 is 1.23 bits per heavy atom. The van der Waals surface area contributed by atoms with Crippen molar-refractivity contribution in [3.8, 4) is 0 Å². The minimum absolute atomic E-state index is 0.0779. The molecule has 10 heteroatoms. The van der Waals surface area contributed by atoms with E-state index in [1.54, 1.807) is 7.05 Å². The summed E-state index contributed by atoms with van der Waals surface area (Å²) in [5.41, 5.74) is 5.90. The van der Waals surface area contributed by atoms with Crippen LogP contribution in [-0.4, -0.2) is 55.9 Å². The van der Waals surface area contributed by atoms with E-state index >= 15 is 0 Å². The zero-order chi connectivity index (χ0) is 22.5. The van der Waals surface area contributed by atoms with Gasteiger partial charge in [-0.2, -0.15) is 13.2 Å². The Morgan fingerprint density at radius 3 is 2.33 bits per heavy atom. The van der Waals surface area contributed by atoms with E-state index < -0.39 is 36.0 Å². The second-order valence-electron chi connectivity index (χ2n) is 7.81. The molecule has 0 aromatic rings. The van der Waals surface area contributed by atoms with Crippen molar-refractivity contribution in [2.45, 2.75) is 50.5 Å². The topological polar surface area (TPSA) is 70.4 Å². The molecule has 1 aliphatic heterocycles. The molecule has 1 aliphatic carbocycles. The number of hydrogen-bond donors (Lipinski definition) is 3. The van der Waals surface area contributed by atoms with Crippen LogP contribution in [0.1, 0.15) is 32.1 Å². The number of hydrogen-bond acceptors (Lipinski definition) is 4. The summed E-state index contributed by atoms with van der Waals surface area (Å²) in [5, 5.41) is 5.51. The van der Waals surface area contributed by atoms with Crippen molar-refractivity contribution in [2.24, 2.45) is 11.7 Å². The van der Waals surface area contributed by atoms with Crippen LogP contribution in [0.25, 0.3) is 0 Å². The van der Waals surface area contributed by atoms with Crippen molar-refractivity contribution >= 4 is 5.91 Å². The van der Waals surface area contributed by atoms with Crippen molar-refractivity contribution in [3.05, 3.63) is 35.4 Å². The van der Waals surface area contributed by atoms with Crippen LogP contribution in [0.3, 0.4) is 0 Å². The minimum Gasteiger partial charge on any atom is -0.401 e. The number of carbonyl (C=O) groups excluding carboxylic acids is 1. The molecule has 0 aromatic carbocycles. The van der Waals surface area contributed by atoms with Gasteiger partial charge in [0.2, 0.25) is 0 Å². The van der Waals surface area contributed by atoms with E-state index in [9.17, 15) is 26.7 Å². The molecule has 1 atom stereocenters. The molecule has 5 nitrogen and oxygen atoms in total. The molecule has 0 spiro atoms. The molecule has 1 heterocycles. The molecule has 2 aliphatic rings. The first-order chi connectivity index (χ1) is 14.0. The second kappa shape index (κ2) is 10.3. The summed E-state index contributed by atoms with van der Waals surface area (Å²) in [5.74, 6) is -2.94. The Bertz CT molecular complexity index is 696. The molecule has 1 saturated heterocycles. The molecular formula is C20H29F5N4O. The highest BCUT2D eigenvalue weighted by Gasteiger charge is 2.41. The molecule has 1 saturated carbocycles. The van der Waals surface area contributed by atoms with E-state index in [-0.39, 0.29) is 68.7 Å². The fourth-order valence-corrected chi connectivity index (χ4v) is 3.92. The van der Waals surface area contributed by atoms with E-state index in [1.165, 1.54) is 11.0 Å². The van der Waals surface area contributed by atoms with E-state index in [4.69, 9.17) is 5.73 Å². The maximum atomic E-state index is 14.3. The van der Waals surface area contributed by atoms with Crippen molar-refractivity contribution in [2.75, 3.05) is 26.7 Å². The van der Waals surface area contributed by atoms with Gasteiger partial charge in [-0.3, -0.25) is 4.79 Å². The van der Waals surface area contributed by atoms with Gasteiger partial charge < -0.3 is 21.3 Å². The largest absolute Gasteiger partial charge is 0.401 e. The van der Waals surface area contributed by atoms with Crippen LogP contribution in [0.15, 0.2) is 35.4 Å². The fraction of sp³-hybridized carbons (Fsp3) is 0.650. The summed E-state index contributed by atoms with van der Waals surface area (Å²) in [4.78, 5) is 14.4. The standard InChI is InChI=1S/C20H29F5N4O/c1-12(21)18(29-8-7-14(22)11-29)17(9-15(26)10-27-2)19(30)28-16-5-3-13(4-6-16)20(23,24)25/h9,13-14,16,27H,1,3-8,10-11,26H2,2H3,(H,28,30)/b15-9+,18-17-/t13-,14-,16-/m1/s1. The van der Waals surface area contributed by atoms with Crippen molar-refractivity contribution < 1.29 is 26.7 Å². The summed E-state index contributed by atoms with van der Waals surface area (Å²) in [6.45, 7) is 3.65. The molecule has 0 radical (unpaired) electrons. The van der Waals surface area contributed by atoms with Crippen LogP contribution in [0, 0.1) is 5.92 Å². The van der Waals surface area contributed by atoms with Crippen LogP contribution in [0.4, 0.5) is 22.0 Å². The average Bonchev–Trinajstić information content (AvgIpc) is 3.06. The number of alkyl halides is 4. The number of nitrogens with one attached hydrogen (secondary N) is 2. The highest BCUT2D eigenvalue weighted by molar-refractivity contribution is 5.97. The quantitative estimate of drug-likeness (QED) is 0.326. The predicted octanol–water partition coefficient (Wildman–Crippen LogP) is 3.07. The van der Waals surface area contributed by atoms with Gasteiger partial charge in [0.15, 0.2) is 0 Å². The van der Waals surface area contributed by atoms with Crippen LogP contribution < -0.4 is 16.4 Å². The molecule has 1 amide bonds. The lowest BCUT2D eigenvalue weighted by Crippen LogP contribution is -2.41.